The molecule has 0 bridgehead atoms. The fraction of sp³-hybridized carbons (Fsp3) is 0. The van der Waals surface area contributed by atoms with Crippen molar-refractivity contribution < 1.29 is 0 Å². The molecular formula is C58H32N2S2. The third-order valence-electron chi connectivity index (χ3n) is 13.6. The predicted molar refractivity (Wildman–Crippen MR) is 271 cm³/mol. The van der Waals surface area contributed by atoms with E-state index < -0.39 is 0 Å². The van der Waals surface area contributed by atoms with E-state index in [4.69, 9.17) is 0 Å². The average Bonchev–Trinajstić information content (AvgIpc) is 4.09. The first-order chi connectivity index (χ1) is 30.8. The van der Waals surface area contributed by atoms with Gasteiger partial charge in [-0.2, -0.15) is 0 Å². The Morgan fingerprint density at radius 3 is 1.05 bits per heavy atom. The topological polar surface area (TPSA) is 9.86 Å². The summed E-state index contributed by atoms with van der Waals surface area (Å²) in [5.74, 6) is 0. The maximum absolute atomic E-state index is 2.60. The van der Waals surface area contributed by atoms with Crippen LogP contribution in [0, 0.1) is 0 Å². The number of fused-ring (bicyclic) bond motifs is 22. The van der Waals surface area contributed by atoms with Gasteiger partial charge in [-0.15, -0.1) is 22.7 Å². The molecule has 4 aromatic heterocycles. The molecule has 0 saturated carbocycles. The van der Waals surface area contributed by atoms with Gasteiger partial charge in [-0.1, -0.05) is 146 Å². The first-order valence-electron chi connectivity index (χ1n) is 21.3. The second kappa shape index (κ2) is 12.1. The van der Waals surface area contributed by atoms with Crippen LogP contribution in [0.5, 0.6) is 0 Å². The number of para-hydroxylation sites is 2. The molecule has 2 nitrogen and oxygen atoms in total. The molecule has 0 aliphatic rings. The van der Waals surface area contributed by atoms with E-state index in [0.717, 1.165) is 0 Å². The van der Waals surface area contributed by atoms with Crippen LogP contribution >= 0.6 is 22.7 Å². The monoisotopic (exact) mass is 820 g/mol. The van der Waals surface area contributed by atoms with Gasteiger partial charge < -0.3 is 9.13 Å². The molecule has 0 N–H and O–H groups in total. The van der Waals surface area contributed by atoms with E-state index in [-0.39, 0.29) is 0 Å². The number of rotatable bonds is 2. The van der Waals surface area contributed by atoms with Gasteiger partial charge in [0.1, 0.15) is 0 Å². The first-order valence-corrected chi connectivity index (χ1v) is 22.9. The minimum absolute atomic E-state index is 1.19. The summed E-state index contributed by atoms with van der Waals surface area (Å²) in [6.07, 6.45) is 0. The van der Waals surface area contributed by atoms with E-state index in [1.54, 1.807) is 0 Å². The highest BCUT2D eigenvalue weighted by atomic mass is 32.1. The van der Waals surface area contributed by atoms with Gasteiger partial charge in [-0.3, -0.25) is 0 Å². The Bertz CT molecular complexity index is 4170. The van der Waals surface area contributed by atoms with E-state index in [1.807, 2.05) is 22.7 Å². The molecule has 0 saturated heterocycles. The van der Waals surface area contributed by atoms with E-state index in [2.05, 4.69) is 203 Å². The van der Waals surface area contributed by atoms with Crippen molar-refractivity contribution in [1.82, 2.24) is 9.13 Å². The van der Waals surface area contributed by atoms with Gasteiger partial charge in [0, 0.05) is 63.3 Å². The maximum Gasteiger partial charge on any atom is 0.0726 e. The predicted octanol–water partition coefficient (Wildman–Crippen LogP) is 17.2. The second-order valence-corrected chi connectivity index (χ2v) is 18.8. The quantitative estimate of drug-likeness (QED) is 0.154. The minimum atomic E-state index is 1.19. The van der Waals surface area contributed by atoms with Gasteiger partial charge >= 0.3 is 0 Å². The number of hydrogen-bond donors (Lipinski definition) is 0. The lowest BCUT2D eigenvalue weighted by Crippen LogP contribution is -2.01. The average molecular weight is 821 g/mol. The molecule has 15 rings (SSSR count). The fourth-order valence-corrected chi connectivity index (χ4v) is 13.7. The van der Waals surface area contributed by atoms with Crippen molar-refractivity contribution in [3.05, 3.63) is 194 Å². The highest BCUT2D eigenvalue weighted by Crippen LogP contribution is 2.51. The smallest absolute Gasteiger partial charge is 0.0726 e. The molecule has 4 heteroatoms. The number of thiophene rings is 2. The van der Waals surface area contributed by atoms with Crippen LogP contribution in [-0.4, -0.2) is 9.13 Å². The highest BCUT2D eigenvalue weighted by molar-refractivity contribution is 7.27. The zero-order valence-corrected chi connectivity index (χ0v) is 34.8. The Hall–Kier alpha value is -7.50. The highest BCUT2D eigenvalue weighted by Gasteiger charge is 2.26. The van der Waals surface area contributed by atoms with Crippen molar-refractivity contribution in [2.45, 2.75) is 0 Å². The van der Waals surface area contributed by atoms with Gasteiger partial charge in [-0.25, -0.2) is 0 Å². The van der Waals surface area contributed by atoms with Crippen LogP contribution in [0.1, 0.15) is 0 Å². The Morgan fingerprint density at radius 1 is 0.274 bits per heavy atom. The molecule has 0 atom stereocenters. The summed E-state index contributed by atoms with van der Waals surface area (Å²) in [5.41, 5.74) is 7.36. The molecule has 0 radical (unpaired) electrons. The van der Waals surface area contributed by atoms with Gasteiger partial charge in [0.2, 0.25) is 0 Å². The van der Waals surface area contributed by atoms with Crippen LogP contribution in [-0.2, 0) is 0 Å². The molecule has 11 aromatic carbocycles. The number of nitrogens with zero attached hydrogens (tertiary/aromatic N) is 2. The van der Waals surface area contributed by atoms with Gasteiger partial charge in [0.15, 0.2) is 0 Å². The fourth-order valence-electron chi connectivity index (χ4n) is 11.1. The van der Waals surface area contributed by atoms with Crippen molar-refractivity contribution in [3.63, 3.8) is 0 Å². The van der Waals surface area contributed by atoms with Crippen LogP contribution in [0.4, 0.5) is 0 Å². The Labute approximate surface area is 362 Å². The molecule has 0 aliphatic heterocycles. The second-order valence-electron chi connectivity index (χ2n) is 16.7. The molecule has 0 spiro atoms. The Morgan fingerprint density at radius 2 is 0.613 bits per heavy atom. The van der Waals surface area contributed by atoms with Crippen molar-refractivity contribution in [2.24, 2.45) is 0 Å². The van der Waals surface area contributed by atoms with E-state index in [0.29, 0.717) is 0 Å². The van der Waals surface area contributed by atoms with E-state index in [1.165, 1.54) is 138 Å². The summed E-state index contributed by atoms with van der Waals surface area (Å²) < 4.78 is 10.5. The SMILES string of the molecule is c1ccc2cc3c(-n4c5ccccc5c5c6ccccc6c6c7ccccc7sc6c54)ccc(-n4c5ccccc5c5c6ccccc6c6c7ccccc7sc6c54)c3cc2c1. The van der Waals surface area contributed by atoms with Gasteiger partial charge in [0.25, 0.3) is 0 Å². The zero-order chi connectivity index (χ0) is 40.2. The lowest BCUT2D eigenvalue weighted by molar-refractivity contribution is 1.18. The number of benzene rings is 11. The van der Waals surface area contributed by atoms with Crippen molar-refractivity contribution in [2.75, 3.05) is 0 Å². The van der Waals surface area contributed by atoms with Crippen molar-refractivity contribution >= 4 is 150 Å². The molecule has 0 fully saturated rings. The largest absolute Gasteiger partial charge is 0.307 e. The normalized spacial score (nSPS) is 12.5. The lowest BCUT2D eigenvalue weighted by Gasteiger charge is -2.18. The third kappa shape index (κ3) is 4.18. The molecule has 0 amide bonds. The van der Waals surface area contributed by atoms with Crippen LogP contribution in [0.2, 0.25) is 0 Å². The lowest BCUT2D eigenvalue weighted by atomic mass is 9.98. The third-order valence-corrected chi connectivity index (χ3v) is 16.0. The molecule has 0 unspecified atom stereocenters. The molecule has 4 heterocycles. The number of aromatic nitrogens is 2. The Kier molecular flexibility index (Phi) is 6.48. The minimum Gasteiger partial charge on any atom is -0.307 e. The molecule has 0 aliphatic carbocycles. The summed E-state index contributed by atoms with van der Waals surface area (Å²) in [7, 11) is 0. The molecular weight excluding hydrogens is 789 g/mol. The summed E-state index contributed by atoms with van der Waals surface area (Å²) >= 11 is 3.84. The van der Waals surface area contributed by atoms with Crippen molar-refractivity contribution in [1.29, 1.82) is 0 Å². The van der Waals surface area contributed by atoms with Gasteiger partial charge in [-0.05, 0) is 80.8 Å². The van der Waals surface area contributed by atoms with E-state index in [9.17, 15) is 0 Å². The standard InChI is InChI=1S/C58H32N2S2/c1-2-16-34-32-44-43(31-33(34)15-1)47(59-45-25-11-7-21-39(45)51-35-17-3-5-19-37(35)53-41-23-9-13-27-49(41)61-57(53)55(51)59)29-30-48(44)60-46-26-12-8-22-40(46)52-36-18-4-6-20-38(36)54-42-24-10-14-28-50(42)62-58(54)56(52)60/h1-32H. The van der Waals surface area contributed by atoms with Crippen LogP contribution in [0.25, 0.3) is 138 Å². The molecule has 15 aromatic rings. The summed E-state index contributed by atoms with van der Waals surface area (Å²) in [6, 6.07) is 72.7. The van der Waals surface area contributed by atoms with E-state index >= 15 is 0 Å². The first kappa shape index (κ1) is 33.2. The summed E-state index contributed by atoms with van der Waals surface area (Å²) in [4.78, 5) is 0. The number of hydrogen-bond acceptors (Lipinski definition) is 2. The zero-order valence-electron chi connectivity index (χ0n) is 33.2. The Balaban J connectivity index is 1.16. The van der Waals surface area contributed by atoms with Crippen LogP contribution < -0.4 is 0 Å². The van der Waals surface area contributed by atoms with Gasteiger partial charge in [0.05, 0.1) is 42.8 Å². The summed E-state index contributed by atoms with van der Waals surface area (Å²) in [6.45, 7) is 0. The van der Waals surface area contributed by atoms with Crippen molar-refractivity contribution in [3.8, 4) is 11.4 Å². The molecule has 62 heavy (non-hydrogen) atoms. The summed E-state index contributed by atoms with van der Waals surface area (Å²) in [5, 5.41) is 20.6. The molecule has 286 valence electrons. The van der Waals surface area contributed by atoms with Crippen LogP contribution in [0.3, 0.4) is 0 Å². The van der Waals surface area contributed by atoms with Crippen LogP contribution in [0.15, 0.2) is 194 Å². The maximum atomic E-state index is 2.60.